The fourth-order valence-electron chi connectivity index (χ4n) is 2.15. The van der Waals surface area contributed by atoms with Crippen molar-refractivity contribution in [3.63, 3.8) is 0 Å². The molecule has 0 radical (unpaired) electrons. The Bertz CT molecular complexity index is 574. The second-order valence-corrected chi connectivity index (χ2v) is 5.90. The van der Waals surface area contributed by atoms with E-state index in [4.69, 9.17) is 4.98 Å². The molecule has 0 aliphatic rings. The second kappa shape index (κ2) is 5.61. The van der Waals surface area contributed by atoms with Crippen molar-refractivity contribution in [2.75, 3.05) is 12.4 Å². The summed E-state index contributed by atoms with van der Waals surface area (Å²) in [6, 6.07) is 12.4. The minimum Gasteiger partial charge on any atom is -0.373 e. The molecule has 3 heteroatoms. The summed E-state index contributed by atoms with van der Waals surface area (Å²) in [6.45, 7) is 8.64. The number of anilines is 1. The largest absolute Gasteiger partial charge is 0.373 e. The van der Waals surface area contributed by atoms with Gasteiger partial charge in [0, 0.05) is 24.2 Å². The van der Waals surface area contributed by atoms with E-state index in [0.717, 1.165) is 17.3 Å². The van der Waals surface area contributed by atoms with Crippen molar-refractivity contribution in [3.8, 4) is 0 Å². The van der Waals surface area contributed by atoms with Crippen molar-refractivity contribution in [1.29, 1.82) is 0 Å². The van der Waals surface area contributed by atoms with Crippen LogP contribution in [0, 0.1) is 0 Å². The Labute approximate surface area is 121 Å². The molecule has 20 heavy (non-hydrogen) atoms. The standard InChI is InChI=1S/C17H23N3/c1-12(2)14-11-15(18-5)20-16(19-14)17(3,4)13-9-7-6-8-10-13/h6-12H,1-5H3,(H,18,19,20). The second-order valence-electron chi connectivity index (χ2n) is 5.90. The van der Waals surface area contributed by atoms with Gasteiger partial charge in [0.15, 0.2) is 0 Å². The highest BCUT2D eigenvalue weighted by molar-refractivity contribution is 5.40. The molecule has 0 saturated heterocycles. The van der Waals surface area contributed by atoms with Gasteiger partial charge >= 0.3 is 0 Å². The van der Waals surface area contributed by atoms with Gasteiger partial charge < -0.3 is 5.32 Å². The zero-order chi connectivity index (χ0) is 14.8. The molecule has 0 fully saturated rings. The third kappa shape index (κ3) is 2.82. The molecule has 0 atom stereocenters. The van der Waals surface area contributed by atoms with Crippen LogP contribution in [0.4, 0.5) is 5.82 Å². The van der Waals surface area contributed by atoms with Crippen LogP contribution in [0.5, 0.6) is 0 Å². The van der Waals surface area contributed by atoms with E-state index in [1.54, 1.807) is 0 Å². The summed E-state index contributed by atoms with van der Waals surface area (Å²) in [6.07, 6.45) is 0. The smallest absolute Gasteiger partial charge is 0.140 e. The van der Waals surface area contributed by atoms with Crippen LogP contribution >= 0.6 is 0 Å². The summed E-state index contributed by atoms with van der Waals surface area (Å²) in [5.41, 5.74) is 2.09. The number of rotatable bonds is 4. The third-order valence-electron chi connectivity index (χ3n) is 3.65. The zero-order valence-corrected chi connectivity index (χ0v) is 12.9. The Hall–Kier alpha value is -1.90. The van der Waals surface area contributed by atoms with Crippen molar-refractivity contribution in [2.45, 2.75) is 39.0 Å². The number of nitrogens with zero attached hydrogens (tertiary/aromatic N) is 2. The maximum atomic E-state index is 4.78. The van der Waals surface area contributed by atoms with Crippen LogP contribution in [-0.2, 0) is 5.41 Å². The Morgan fingerprint density at radius 1 is 1.05 bits per heavy atom. The lowest BCUT2D eigenvalue weighted by Gasteiger charge is -2.25. The van der Waals surface area contributed by atoms with Gasteiger partial charge in [-0.1, -0.05) is 44.2 Å². The predicted molar refractivity (Wildman–Crippen MR) is 84.2 cm³/mol. The first kappa shape index (κ1) is 14.5. The lowest BCUT2D eigenvalue weighted by molar-refractivity contribution is 0.582. The van der Waals surface area contributed by atoms with E-state index in [-0.39, 0.29) is 5.41 Å². The molecule has 0 bridgehead atoms. The summed E-state index contributed by atoms with van der Waals surface area (Å²) in [5, 5.41) is 3.14. The predicted octanol–water partition coefficient (Wildman–Crippen LogP) is 3.97. The summed E-state index contributed by atoms with van der Waals surface area (Å²) in [4.78, 5) is 9.44. The van der Waals surface area contributed by atoms with Crippen LogP contribution in [0.15, 0.2) is 36.4 Å². The van der Waals surface area contributed by atoms with Gasteiger partial charge in [-0.25, -0.2) is 9.97 Å². The molecule has 2 rings (SSSR count). The molecule has 0 aliphatic carbocycles. The Kier molecular flexibility index (Phi) is 4.07. The van der Waals surface area contributed by atoms with Crippen molar-refractivity contribution in [1.82, 2.24) is 9.97 Å². The quantitative estimate of drug-likeness (QED) is 0.912. The van der Waals surface area contributed by atoms with Crippen molar-refractivity contribution >= 4 is 5.82 Å². The number of hydrogen-bond donors (Lipinski definition) is 1. The fourth-order valence-corrected chi connectivity index (χ4v) is 2.15. The number of hydrogen-bond acceptors (Lipinski definition) is 3. The van der Waals surface area contributed by atoms with Gasteiger partial charge in [-0.05, 0) is 25.3 Å². The summed E-state index contributed by atoms with van der Waals surface area (Å²) in [7, 11) is 1.89. The Morgan fingerprint density at radius 3 is 2.25 bits per heavy atom. The van der Waals surface area contributed by atoms with Crippen LogP contribution in [0.3, 0.4) is 0 Å². The molecule has 0 spiro atoms. The van der Waals surface area contributed by atoms with E-state index in [9.17, 15) is 0 Å². The fraction of sp³-hybridized carbons (Fsp3) is 0.412. The van der Waals surface area contributed by atoms with Gasteiger partial charge in [-0.2, -0.15) is 0 Å². The lowest BCUT2D eigenvalue weighted by Crippen LogP contribution is -2.23. The van der Waals surface area contributed by atoms with Gasteiger partial charge in [0.2, 0.25) is 0 Å². The van der Waals surface area contributed by atoms with E-state index < -0.39 is 0 Å². The molecular formula is C17H23N3. The molecular weight excluding hydrogens is 246 g/mol. The first-order chi connectivity index (χ1) is 9.45. The van der Waals surface area contributed by atoms with Crippen LogP contribution in [0.1, 0.15) is 50.7 Å². The normalized spacial score (nSPS) is 11.7. The molecule has 2 aromatic rings. The van der Waals surface area contributed by atoms with Crippen LogP contribution in [-0.4, -0.2) is 17.0 Å². The minimum absolute atomic E-state index is 0.211. The van der Waals surface area contributed by atoms with E-state index in [1.165, 1.54) is 5.56 Å². The molecule has 106 valence electrons. The number of benzene rings is 1. The van der Waals surface area contributed by atoms with Crippen molar-refractivity contribution in [2.24, 2.45) is 0 Å². The van der Waals surface area contributed by atoms with Gasteiger partial charge in [-0.3, -0.25) is 0 Å². The van der Waals surface area contributed by atoms with Crippen LogP contribution in [0.2, 0.25) is 0 Å². The van der Waals surface area contributed by atoms with Crippen molar-refractivity contribution in [3.05, 3.63) is 53.5 Å². The van der Waals surface area contributed by atoms with Gasteiger partial charge in [0.1, 0.15) is 11.6 Å². The van der Waals surface area contributed by atoms with Gasteiger partial charge in [0.25, 0.3) is 0 Å². The Balaban J connectivity index is 2.53. The van der Waals surface area contributed by atoms with Gasteiger partial charge in [-0.15, -0.1) is 0 Å². The molecule has 1 aromatic heterocycles. The molecule has 0 saturated carbocycles. The first-order valence-electron chi connectivity index (χ1n) is 7.08. The molecule has 1 N–H and O–H groups in total. The third-order valence-corrected chi connectivity index (χ3v) is 3.65. The summed E-state index contributed by atoms with van der Waals surface area (Å²) in [5.74, 6) is 2.12. The monoisotopic (exact) mass is 269 g/mol. The molecule has 0 amide bonds. The average Bonchev–Trinajstić information content (AvgIpc) is 2.47. The molecule has 1 aromatic carbocycles. The lowest BCUT2D eigenvalue weighted by atomic mass is 9.83. The summed E-state index contributed by atoms with van der Waals surface area (Å²) >= 11 is 0. The minimum atomic E-state index is -0.211. The molecule has 3 nitrogen and oxygen atoms in total. The highest BCUT2D eigenvalue weighted by Crippen LogP contribution is 2.30. The van der Waals surface area contributed by atoms with E-state index in [0.29, 0.717) is 5.92 Å². The summed E-state index contributed by atoms with van der Waals surface area (Å²) < 4.78 is 0. The molecule has 0 unspecified atom stereocenters. The Morgan fingerprint density at radius 2 is 1.70 bits per heavy atom. The number of nitrogens with one attached hydrogen (secondary N) is 1. The van der Waals surface area contributed by atoms with Crippen LogP contribution in [0.25, 0.3) is 0 Å². The average molecular weight is 269 g/mol. The maximum Gasteiger partial charge on any atom is 0.140 e. The van der Waals surface area contributed by atoms with E-state index in [2.05, 4.69) is 62.3 Å². The number of aromatic nitrogens is 2. The van der Waals surface area contributed by atoms with Gasteiger partial charge in [0.05, 0.1) is 0 Å². The van der Waals surface area contributed by atoms with Crippen LogP contribution < -0.4 is 5.32 Å². The SMILES string of the molecule is CNc1cc(C(C)C)nc(C(C)(C)c2ccccc2)n1. The highest BCUT2D eigenvalue weighted by Gasteiger charge is 2.27. The zero-order valence-electron chi connectivity index (χ0n) is 12.9. The van der Waals surface area contributed by atoms with E-state index >= 15 is 0 Å². The topological polar surface area (TPSA) is 37.8 Å². The van der Waals surface area contributed by atoms with Crippen molar-refractivity contribution < 1.29 is 0 Å². The molecule has 1 heterocycles. The van der Waals surface area contributed by atoms with E-state index in [1.807, 2.05) is 19.2 Å². The maximum absolute atomic E-state index is 4.78. The molecule has 0 aliphatic heterocycles. The first-order valence-corrected chi connectivity index (χ1v) is 7.08. The highest BCUT2D eigenvalue weighted by atomic mass is 15.0.